The molecule has 6 N–H and O–H groups in total. The van der Waals surface area contributed by atoms with Crippen molar-refractivity contribution in [2.24, 2.45) is 5.73 Å². The summed E-state index contributed by atoms with van der Waals surface area (Å²) in [6.07, 6.45) is 0.407. The molecule has 3 amide bonds. The third kappa shape index (κ3) is 9.26. The Kier molecular flexibility index (Phi) is 10.4. The summed E-state index contributed by atoms with van der Waals surface area (Å²) in [5.41, 5.74) is 8.41. The number of ether oxygens (including phenoxy) is 1. The Morgan fingerprint density at radius 2 is 1.75 bits per heavy atom. The van der Waals surface area contributed by atoms with Crippen LogP contribution in [0.25, 0.3) is 0 Å². The summed E-state index contributed by atoms with van der Waals surface area (Å²) in [7, 11) is 0. The Morgan fingerprint density at radius 3 is 2.28 bits per heavy atom. The maximum atomic E-state index is 12.7. The fraction of sp³-hybridized carbons (Fsp3) is 0.350. The van der Waals surface area contributed by atoms with Gasteiger partial charge in [-0.05, 0) is 19.4 Å². The van der Waals surface area contributed by atoms with Crippen molar-refractivity contribution in [2.45, 2.75) is 45.0 Å². The first-order chi connectivity index (χ1) is 15.0. The van der Waals surface area contributed by atoms with E-state index in [1.807, 2.05) is 0 Å². The van der Waals surface area contributed by atoms with Crippen LogP contribution in [-0.4, -0.2) is 63.2 Å². The van der Waals surface area contributed by atoms with Gasteiger partial charge in [0.2, 0.25) is 11.8 Å². The van der Waals surface area contributed by atoms with Gasteiger partial charge in [0.15, 0.2) is 0 Å². The zero-order valence-electron chi connectivity index (χ0n) is 17.6. The number of nitrogens with one attached hydrogen (secondary N) is 2. The van der Waals surface area contributed by atoms with E-state index >= 15 is 0 Å². The molecular weight excluding hydrogens is 424 g/mol. The quantitative estimate of drug-likeness (QED) is 0.215. The average Bonchev–Trinajstić information content (AvgIpc) is 2.73. The van der Waals surface area contributed by atoms with Crippen molar-refractivity contribution in [3.8, 4) is 0 Å². The summed E-state index contributed by atoms with van der Waals surface area (Å²) in [4.78, 5) is 58.4. The molecule has 12 nitrogen and oxygen atoms in total. The minimum absolute atomic E-state index is 0.136. The molecule has 1 aromatic rings. The van der Waals surface area contributed by atoms with E-state index in [1.54, 1.807) is 30.3 Å². The van der Waals surface area contributed by atoms with Gasteiger partial charge in [0.05, 0.1) is 6.04 Å². The van der Waals surface area contributed by atoms with E-state index in [0.29, 0.717) is 5.56 Å². The molecule has 0 fully saturated rings. The first-order valence-corrected chi connectivity index (χ1v) is 9.50. The second-order valence-electron chi connectivity index (χ2n) is 6.76. The van der Waals surface area contributed by atoms with Gasteiger partial charge < -0.3 is 26.0 Å². The minimum Gasteiger partial charge on any atom is -0.480 e. The van der Waals surface area contributed by atoms with Crippen molar-refractivity contribution < 1.29 is 38.9 Å². The zero-order chi connectivity index (χ0) is 24.3. The number of hydrogen-bond donors (Lipinski definition) is 5. The molecule has 0 unspecified atom stereocenters. The van der Waals surface area contributed by atoms with Crippen LogP contribution in [0.4, 0.5) is 4.79 Å². The molecule has 12 heteroatoms. The second-order valence-corrected chi connectivity index (χ2v) is 6.76. The number of carbonyl (C=O) groups excluding carboxylic acids is 3. The van der Waals surface area contributed by atoms with Gasteiger partial charge in [-0.2, -0.15) is 0 Å². The SMILES string of the molecule is C[C@H](NC(=O)[C@H](C)N(N[C@H](/C=C/C(=O)O)CC(N)=O)C(=O)OCc1ccccc1)C(=O)O. The number of carboxylic acids is 2. The lowest BCUT2D eigenvalue weighted by Gasteiger charge is -2.31. The first kappa shape index (κ1) is 26.1. The molecule has 1 aromatic carbocycles. The number of amides is 3. The Morgan fingerprint density at radius 1 is 1.12 bits per heavy atom. The Hall–Kier alpha value is -3.93. The zero-order valence-corrected chi connectivity index (χ0v) is 17.6. The maximum Gasteiger partial charge on any atom is 0.425 e. The molecule has 0 bridgehead atoms. The number of carboxylic acid groups (broad SMARTS) is 2. The van der Waals surface area contributed by atoms with E-state index in [4.69, 9.17) is 20.7 Å². The first-order valence-electron chi connectivity index (χ1n) is 9.50. The number of nitrogens with two attached hydrogens (primary N) is 1. The minimum atomic E-state index is -1.31. The Bertz CT molecular complexity index is 858. The van der Waals surface area contributed by atoms with Crippen LogP contribution in [0.3, 0.4) is 0 Å². The molecule has 0 saturated heterocycles. The van der Waals surface area contributed by atoms with E-state index in [0.717, 1.165) is 17.2 Å². The highest BCUT2D eigenvalue weighted by Gasteiger charge is 2.31. The molecule has 0 heterocycles. The van der Waals surface area contributed by atoms with Crippen molar-refractivity contribution in [1.82, 2.24) is 15.8 Å². The third-order valence-corrected chi connectivity index (χ3v) is 4.09. The average molecular weight is 450 g/mol. The van der Waals surface area contributed by atoms with E-state index in [1.165, 1.54) is 13.8 Å². The van der Waals surface area contributed by atoms with Crippen LogP contribution >= 0.6 is 0 Å². The Labute approximate surface area is 184 Å². The normalized spacial score (nSPS) is 13.6. The number of nitrogens with zero attached hydrogens (tertiary/aromatic N) is 1. The lowest BCUT2D eigenvalue weighted by Crippen LogP contribution is -2.58. The summed E-state index contributed by atoms with van der Waals surface area (Å²) in [5, 5.41) is 20.8. The summed E-state index contributed by atoms with van der Waals surface area (Å²) in [6.45, 7) is 2.40. The number of aliphatic carboxylic acids is 2. The van der Waals surface area contributed by atoms with Crippen molar-refractivity contribution in [3.63, 3.8) is 0 Å². The maximum absolute atomic E-state index is 12.7. The highest BCUT2D eigenvalue weighted by atomic mass is 16.6. The van der Waals surface area contributed by atoms with Gasteiger partial charge in [-0.25, -0.2) is 20.0 Å². The standard InChI is InChI=1S/C20H26N4O8/c1-12(19(29)30)22-18(28)13(2)24(20(31)32-11-14-6-4-3-5-7-14)23-15(10-16(21)25)8-9-17(26)27/h3-9,12-13,15,23H,10-11H2,1-2H3,(H2,21,25)(H,22,28)(H,26,27)(H,29,30)/b9-8+/t12-,13-,15+/m0/s1. The molecule has 0 aromatic heterocycles. The Balaban J connectivity index is 3.08. The van der Waals surface area contributed by atoms with Crippen LogP contribution in [0.5, 0.6) is 0 Å². The number of carbonyl (C=O) groups is 5. The van der Waals surface area contributed by atoms with Crippen molar-refractivity contribution in [3.05, 3.63) is 48.0 Å². The predicted octanol–water partition coefficient (Wildman–Crippen LogP) is -0.00760. The van der Waals surface area contributed by atoms with Crippen LogP contribution in [0, 0.1) is 0 Å². The van der Waals surface area contributed by atoms with Gasteiger partial charge in [0.25, 0.3) is 0 Å². The van der Waals surface area contributed by atoms with Gasteiger partial charge in [-0.15, -0.1) is 0 Å². The summed E-state index contributed by atoms with van der Waals surface area (Å²) < 4.78 is 5.22. The molecule has 0 radical (unpaired) electrons. The van der Waals surface area contributed by atoms with E-state index in [9.17, 15) is 24.0 Å². The fourth-order valence-corrected chi connectivity index (χ4v) is 2.38. The molecule has 0 aliphatic rings. The summed E-state index contributed by atoms with van der Waals surface area (Å²) in [6, 6.07) is 5.07. The van der Waals surface area contributed by atoms with Crippen molar-refractivity contribution in [2.75, 3.05) is 0 Å². The van der Waals surface area contributed by atoms with Crippen LogP contribution in [0.2, 0.25) is 0 Å². The van der Waals surface area contributed by atoms with Gasteiger partial charge in [-0.1, -0.05) is 36.4 Å². The molecular formula is C20H26N4O8. The molecule has 174 valence electrons. The molecule has 3 atom stereocenters. The highest BCUT2D eigenvalue weighted by molar-refractivity contribution is 5.88. The number of primary amides is 1. The van der Waals surface area contributed by atoms with E-state index in [2.05, 4.69) is 10.7 Å². The van der Waals surface area contributed by atoms with Gasteiger partial charge in [0, 0.05) is 12.5 Å². The predicted molar refractivity (Wildman–Crippen MR) is 111 cm³/mol. The number of hydrogen-bond acceptors (Lipinski definition) is 7. The van der Waals surface area contributed by atoms with Crippen LogP contribution in [0.1, 0.15) is 25.8 Å². The van der Waals surface area contributed by atoms with Crippen LogP contribution < -0.4 is 16.5 Å². The highest BCUT2D eigenvalue weighted by Crippen LogP contribution is 2.08. The van der Waals surface area contributed by atoms with Gasteiger partial charge in [0.1, 0.15) is 18.7 Å². The molecule has 0 saturated carbocycles. The number of hydrazine groups is 1. The molecule has 0 spiro atoms. The second kappa shape index (κ2) is 12.7. The van der Waals surface area contributed by atoms with Crippen LogP contribution in [0.15, 0.2) is 42.5 Å². The third-order valence-electron chi connectivity index (χ3n) is 4.09. The summed E-state index contributed by atoms with van der Waals surface area (Å²) in [5.74, 6) is -4.22. The summed E-state index contributed by atoms with van der Waals surface area (Å²) >= 11 is 0. The number of benzene rings is 1. The fourth-order valence-electron chi connectivity index (χ4n) is 2.38. The topological polar surface area (TPSA) is 188 Å². The van der Waals surface area contributed by atoms with Gasteiger partial charge >= 0.3 is 18.0 Å². The molecule has 0 aliphatic carbocycles. The monoisotopic (exact) mass is 450 g/mol. The largest absolute Gasteiger partial charge is 0.480 e. The van der Waals surface area contributed by atoms with E-state index in [-0.39, 0.29) is 6.61 Å². The lowest BCUT2D eigenvalue weighted by atomic mass is 10.2. The number of rotatable bonds is 12. The molecule has 32 heavy (non-hydrogen) atoms. The molecule has 0 aliphatic heterocycles. The van der Waals surface area contributed by atoms with E-state index < -0.39 is 54.4 Å². The van der Waals surface area contributed by atoms with Crippen molar-refractivity contribution in [1.29, 1.82) is 0 Å². The van der Waals surface area contributed by atoms with Gasteiger partial charge in [-0.3, -0.25) is 14.4 Å². The van der Waals surface area contributed by atoms with Crippen molar-refractivity contribution >= 4 is 29.8 Å². The van der Waals surface area contributed by atoms with Crippen LogP contribution in [-0.2, 0) is 30.5 Å². The molecule has 1 rings (SSSR count). The smallest absolute Gasteiger partial charge is 0.425 e. The lowest BCUT2D eigenvalue weighted by molar-refractivity contribution is -0.142.